The molecule has 5 aliphatic rings. The van der Waals surface area contributed by atoms with Crippen molar-refractivity contribution in [2.24, 2.45) is 34.5 Å². The fourth-order valence-electron chi connectivity index (χ4n) is 6.61. The minimum Gasteiger partial charge on any atom is -0.469 e. The van der Waals surface area contributed by atoms with Gasteiger partial charge in [0.15, 0.2) is 0 Å². The highest BCUT2D eigenvalue weighted by Crippen LogP contribution is 2.62. The summed E-state index contributed by atoms with van der Waals surface area (Å²) in [5.74, 6) is 1.59. The van der Waals surface area contributed by atoms with Gasteiger partial charge in [0.1, 0.15) is 0 Å². The molecule has 5 nitrogen and oxygen atoms in total. The summed E-state index contributed by atoms with van der Waals surface area (Å²) >= 11 is 0. The summed E-state index contributed by atoms with van der Waals surface area (Å²) in [7, 11) is 1.50. The van der Waals surface area contributed by atoms with Crippen LogP contribution in [0, 0.1) is 34.5 Å². The number of methoxy groups -OCH3 is 1. The van der Waals surface area contributed by atoms with Crippen LogP contribution in [-0.4, -0.2) is 48.2 Å². The molecule has 24 heavy (non-hydrogen) atoms. The lowest BCUT2D eigenvalue weighted by atomic mass is 9.47. The molecule has 1 saturated heterocycles. The maximum Gasteiger partial charge on any atom is 0.311 e. The summed E-state index contributed by atoms with van der Waals surface area (Å²) in [6, 6.07) is 0.252. The molecule has 134 valence electrons. The minimum absolute atomic E-state index is 0.0109. The molecule has 0 aromatic rings. The second-order valence-electron chi connectivity index (χ2n) is 9.29. The van der Waals surface area contributed by atoms with Gasteiger partial charge in [-0.25, -0.2) is 0 Å². The molecular weight excluding hydrogens is 306 g/mol. The quantitative estimate of drug-likeness (QED) is 0.799. The zero-order valence-electron chi connectivity index (χ0n) is 15.0. The number of carbonyl (C=O) groups excluding carboxylic acids is 2. The van der Waals surface area contributed by atoms with E-state index in [4.69, 9.17) is 4.74 Å². The van der Waals surface area contributed by atoms with Gasteiger partial charge in [-0.1, -0.05) is 13.8 Å². The van der Waals surface area contributed by atoms with Gasteiger partial charge in [0, 0.05) is 25.1 Å². The zero-order valence-corrected chi connectivity index (χ0v) is 15.0. The van der Waals surface area contributed by atoms with Crippen LogP contribution in [0.15, 0.2) is 0 Å². The summed E-state index contributed by atoms with van der Waals surface area (Å²) in [5, 5.41) is 9.69. The number of likely N-dealkylation sites (tertiary alicyclic amines) is 1. The van der Waals surface area contributed by atoms with Crippen LogP contribution in [0.3, 0.4) is 0 Å². The molecule has 1 amide bonds. The Morgan fingerprint density at radius 1 is 1.25 bits per heavy atom. The van der Waals surface area contributed by atoms with Crippen LogP contribution < -0.4 is 0 Å². The molecule has 5 rings (SSSR count). The fraction of sp³-hybridized carbons (Fsp3) is 0.895. The van der Waals surface area contributed by atoms with E-state index in [9.17, 15) is 14.7 Å². The summed E-state index contributed by atoms with van der Waals surface area (Å²) in [6.45, 7) is 4.65. The van der Waals surface area contributed by atoms with Crippen LogP contribution in [0.5, 0.6) is 0 Å². The molecule has 4 bridgehead atoms. The van der Waals surface area contributed by atoms with E-state index < -0.39 is 5.41 Å². The highest BCUT2D eigenvalue weighted by atomic mass is 16.5. The highest BCUT2D eigenvalue weighted by molar-refractivity contribution is 5.85. The van der Waals surface area contributed by atoms with E-state index >= 15 is 0 Å². The van der Waals surface area contributed by atoms with Gasteiger partial charge in [0.25, 0.3) is 0 Å². The van der Waals surface area contributed by atoms with Gasteiger partial charge in [0.2, 0.25) is 5.91 Å². The van der Waals surface area contributed by atoms with Crippen molar-refractivity contribution in [3.8, 4) is 0 Å². The molecule has 1 N–H and O–H groups in total. The van der Waals surface area contributed by atoms with Crippen molar-refractivity contribution in [2.45, 2.75) is 52.0 Å². The Bertz CT molecular complexity index is 556. The first-order valence-corrected chi connectivity index (χ1v) is 9.33. The van der Waals surface area contributed by atoms with Gasteiger partial charge >= 0.3 is 5.97 Å². The first-order chi connectivity index (χ1) is 11.3. The summed E-state index contributed by atoms with van der Waals surface area (Å²) < 4.78 is 5.13. The minimum atomic E-state index is -0.483. The number of nitrogens with zero attached hydrogens (tertiary/aromatic N) is 1. The molecule has 4 saturated carbocycles. The highest BCUT2D eigenvalue weighted by Gasteiger charge is 2.62. The molecule has 0 spiro atoms. The smallest absolute Gasteiger partial charge is 0.311 e. The lowest BCUT2D eigenvalue weighted by Gasteiger charge is -2.60. The van der Waals surface area contributed by atoms with E-state index in [0.29, 0.717) is 24.3 Å². The second-order valence-corrected chi connectivity index (χ2v) is 9.29. The van der Waals surface area contributed by atoms with E-state index in [1.807, 2.05) is 13.8 Å². The normalized spacial score (nSPS) is 45.8. The van der Waals surface area contributed by atoms with E-state index in [1.54, 1.807) is 0 Å². The monoisotopic (exact) mass is 335 g/mol. The Kier molecular flexibility index (Phi) is 3.55. The molecule has 3 unspecified atom stereocenters. The molecule has 4 aliphatic carbocycles. The molecule has 1 heterocycles. The maximum atomic E-state index is 13.0. The lowest BCUT2D eigenvalue weighted by molar-refractivity contribution is -0.177. The maximum absolute atomic E-state index is 13.0. The predicted molar refractivity (Wildman–Crippen MR) is 87.9 cm³/mol. The molecule has 3 atom stereocenters. The van der Waals surface area contributed by atoms with Crippen molar-refractivity contribution < 1.29 is 19.4 Å². The largest absolute Gasteiger partial charge is 0.469 e. The zero-order chi connectivity index (χ0) is 17.3. The number of rotatable bonds is 3. The van der Waals surface area contributed by atoms with Crippen molar-refractivity contribution in [1.29, 1.82) is 0 Å². The third kappa shape index (κ3) is 2.03. The van der Waals surface area contributed by atoms with Crippen molar-refractivity contribution in [1.82, 2.24) is 4.90 Å². The third-order valence-corrected chi connectivity index (χ3v) is 7.67. The van der Waals surface area contributed by atoms with Crippen LogP contribution >= 0.6 is 0 Å². The Morgan fingerprint density at radius 3 is 2.38 bits per heavy atom. The van der Waals surface area contributed by atoms with E-state index in [-0.39, 0.29) is 35.9 Å². The average molecular weight is 335 g/mol. The van der Waals surface area contributed by atoms with Crippen LogP contribution in [0.4, 0.5) is 0 Å². The third-order valence-electron chi connectivity index (χ3n) is 7.67. The standard InChI is InChI=1S/C19H29NO4/c1-18(2)14(10-21)9-20(16(18)22)15-12-4-11-5-13(15)8-19(6-11,7-12)17(23)24-3/h11-15,21H,4-10H2,1-3H3. The Hall–Kier alpha value is -1.10. The van der Waals surface area contributed by atoms with Gasteiger partial charge < -0.3 is 14.7 Å². The SMILES string of the molecule is COC(=O)C12CC3CC(C1)C(N1CC(CO)C(C)(C)C1=O)C(C3)C2. The first kappa shape index (κ1) is 16.4. The summed E-state index contributed by atoms with van der Waals surface area (Å²) in [5.41, 5.74) is -0.778. The first-order valence-electron chi connectivity index (χ1n) is 9.33. The second kappa shape index (κ2) is 5.20. The number of carbonyl (C=O) groups is 2. The van der Waals surface area contributed by atoms with Gasteiger partial charge in [-0.05, 0) is 49.9 Å². The van der Waals surface area contributed by atoms with Crippen molar-refractivity contribution >= 4 is 11.9 Å². The van der Waals surface area contributed by atoms with Gasteiger partial charge in [-0.2, -0.15) is 0 Å². The van der Waals surface area contributed by atoms with Gasteiger partial charge in [0.05, 0.1) is 17.9 Å². The van der Waals surface area contributed by atoms with Gasteiger partial charge in [-0.15, -0.1) is 0 Å². The number of aliphatic hydroxyl groups excluding tert-OH is 1. The number of ether oxygens (including phenoxy) is 1. The molecule has 5 fully saturated rings. The van der Waals surface area contributed by atoms with E-state index in [1.165, 1.54) is 7.11 Å². The number of esters is 1. The van der Waals surface area contributed by atoms with Crippen LogP contribution in [0.25, 0.3) is 0 Å². The number of amides is 1. The topological polar surface area (TPSA) is 66.8 Å². The summed E-state index contributed by atoms with van der Waals surface area (Å²) in [6.07, 6.45) is 4.97. The molecular formula is C19H29NO4. The van der Waals surface area contributed by atoms with E-state index in [0.717, 1.165) is 32.1 Å². The fourth-order valence-corrected chi connectivity index (χ4v) is 6.61. The van der Waals surface area contributed by atoms with E-state index in [2.05, 4.69) is 4.90 Å². The van der Waals surface area contributed by atoms with Crippen LogP contribution in [-0.2, 0) is 14.3 Å². The lowest BCUT2D eigenvalue weighted by Crippen LogP contribution is -2.61. The van der Waals surface area contributed by atoms with Crippen molar-refractivity contribution in [3.05, 3.63) is 0 Å². The molecule has 5 heteroatoms. The molecule has 0 radical (unpaired) electrons. The van der Waals surface area contributed by atoms with Gasteiger partial charge in [-0.3, -0.25) is 9.59 Å². The Morgan fingerprint density at radius 2 is 1.88 bits per heavy atom. The predicted octanol–water partition coefficient (Wildman–Crippen LogP) is 1.83. The van der Waals surface area contributed by atoms with Crippen LogP contribution in [0.2, 0.25) is 0 Å². The Balaban J connectivity index is 1.62. The molecule has 0 aromatic heterocycles. The Labute approximate surface area is 143 Å². The average Bonchev–Trinajstić information content (AvgIpc) is 2.76. The molecule has 0 aromatic carbocycles. The summed E-state index contributed by atoms with van der Waals surface area (Å²) in [4.78, 5) is 27.5. The molecule has 1 aliphatic heterocycles. The number of hydrogen-bond acceptors (Lipinski definition) is 4. The number of aliphatic hydroxyl groups is 1. The van der Waals surface area contributed by atoms with Crippen molar-refractivity contribution in [3.63, 3.8) is 0 Å². The van der Waals surface area contributed by atoms with Crippen molar-refractivity contribution in [2.75, 3.05) is 20.3 Å². The number of hydrogen-bond donors (Lipinski definition) is 1. The van der Waals surface area contributed by atoms with Crippen LogP contribution in [0.1, 0.15) is 46.0 Å².